The minimum atomic E-state index is -3.70. The Bertz CT molecular complexity index is 152. The molecule has 0 amide bonds. The van der Waals surface area contributed by atoms with Crippen molar-refractivity contribution < 1.29 is 13.0 Å². The fraction of sp³-hybridized carbons (Fsp3) is 1.00. The second kappa shape index (κ2) is 4.01. The van der Waals surface area contributed by atoms with Crippen LogP contribution in [0.3, 0.4) is 0 Å². The van der Waals surface area contributed by atoms with Crippen LogP contribution in [-0.4, -0.2) is 40.7 Å². The predicted octanol–water partition coefficient (Wildman–Crippen LogP) is -2.37. The van der Waals surface area contributed by atoms with Gasteiger partial charge < -0.3 is 0 Å². The van der Waals surface area contributed by atoms with Gasteiger partial charge in [-0.3, -0.25) is 4.55 Å². The smallest absolute Gasteiger partial charge is 0.264 e. The Morgan fingerprint density at radius 1 is 1.56 bits per heavy atom. The molecule has 0 radical (unpaired) electrons. The summed E-state index contributed by atoms with van der Waals surface area (Å²) in [7, 11) is 0.108. The van der Waals surface area contributed by atoms with Gasteiger partial charge in [-0.25, -0.2) is 0 Å². The Morgan fingerprint density at radius 2 is 2.11 bits per heavy atom. The van der Waals surface area contributed by atoms with Gasteiger partial charge in [0.15, 0.2) is 0 Å². The van der Waals surface area contributed by atoms with Crippen LogP contribution in [0.2, 0.25) is 6.32 Å². The summed E-state index contributed by atoms with van der Waals surface area (Å²) in [5.41, 5.74) is 0. The lowest BCUT2D eigenvalue weighted by atomic mass is 9.27. The first-order valence-corrected chi connectivity index (χ1v) is 4.62. The van der Waals surface area contributed by atoms with E-state index in [1.807, 2.05) is 7.74 Å². The first kappa shape index (κ1) is 9.10. The topological polar surface area (TPSA) is 54.4 Å². The van der Waals surface area contributed by atoms with Crippen LogP contribution in [0, 0.1) is 0 Å². The second-order valence-electron chi connectivity index (χ2n) is 1.99. The normalized spacial score (nSPS) is 10.8. The van der Waals surface area contributed by atoms with E-state index in [0.29, 0.717) is 6.32 Å². The van der Waals surface area contributed by atoms with Crippen LogP contribution in [-0.2, 0) is 10.1 Å². The molecule has 0 atom stereocenters. The van der Waals surface area contributed by atoms with Crippen LogP contribution in [0.1, 0.15) is 0 Å². The highest BCUT2D eigenvalue weighted by Crippen LogP contribution is 1.85. The van der Waals surface area contributed by atoms with Crippen molar-refractivity contribution in [3.63, 3.8) is 0 Å². The van der Waals surface area contributed by atoms with Crippen LogP contribution in [0.4, 0.5) is 0 Å². The third-order valence-electron chi connectivity index (χ3n) is 1.01. The van der Waals surface area contributed by atoms with Crippen LogP contribution >= 0.6 is 0 Å². The highest BCUT2D eigenvalue weighted by Gasteiger charge is 2.02. The van der Waals surface area contributed by atoms with E-state index in [4.69, 9.17) is 4.55 Å². The summed E-state index contributed by atoms with van der Waals surface area (Å²) in [6.45, 7) is 0. The molecule has 0 unspecified atom stereocenters. The van der Waals surface area contributed by atoms with Crippen molar-refractivity contribution in [3.8, 4) is 0 Å². The number of hydrogen-bond donors (Lipinski definition) is 1. The van der Waals surface area contributed by atoms with E-state index in [9.17, 15) is 8.42 Å². The van der Waals surface area contributed by atoms with E-state index in [1.54, 1.807) is 0 Å². The molecule has 3 nitrogen and oxygen atoms in total. The molecule has 0 spiro atoms. The third-order valence-corrected chi connectivity index (χ3v) is 1.81. The molecule has 0 heterocycles. The van der Waals surface area contributed by atoms with Gasteiger partial charge in [-0.15, -0.1) is 0 Å². The minimum Gasteiger partial charge on any atom is -0.286 e. The fourth-order valence-electron chi connectivity index (χ4n) is 0.534. The minimum absolute atomic E-state index is 0.0964. The molecular weight excluding hydrogens is 137 g/mol. The molecule has 0 saturated carbocycles. The van der Waals surface area contributed by atoms with Crippen LogP contribution in [0.5, 0.6) is 0 Å². The van der Waals surface area contributed by atoms with Gasteiger partial charge >= 0.3 is 0 Å². The Hall–Kier alpha value is 0.105. The van der Waals surface area contributed by atoms with Crippen molar-refractivity contribution in [2.75, 3.05) is 5.75 Å². The molecule has 0 aliphatic heterocycles. The number of hydrogen-bond acceptors (Lipinski definition) is 2. The Labute approximate surface area is 57.8 Å². The molecule has 1 N–H and O–H groups in total. The van der Waals surface area contributed by atoms with E-state index < -0.39 is 10.1 Å². The molecule has 0 bridgehead atoms. The van der Waals surface area contributed by atoms with Gasteiger partial charge in [-0.1, -0.05) is 6.32 Å². The van der Waals surface area contributed by atoms with Crippen LogP contribution in [0.15, 0.2) is 0 Å². The quantitative estimate of drug-likeness (QED) is 0.273. The summed E-state index contributed by atoms with van der Waals surface area (Å²) >= 11 is 0. The van der Waals surface area contributed by atoms with E-state index in [0.717, 1.165) is 14.2 Å². The molecule has 0 aliphatic carbocycles. The molecule has 0 aliphatic rings. The zero-order chi connectivity index (χ0) is 7.33. The lowest BCUT2D eigenvalue weighted by Gasteiger charge is -1.90. The summed E-state index contributed by atoms with van der Waals surface area (Å²) in [4.78, 5) is 0. The summed E-state index contributed by atoms with van der Waals surface area (Å²) < 4.78 is 28.3. The van der Waals surface area contributed by atoms with Crippen molar-refractivity contribution in [3.05, 3.63) is 0 Å². The SMILES string of the molecule is BBBCCS(=O)(=O)O. The molecule has 0 fully saturated rings. The van der Waals surface area contributed by atoms with Gasteiger partial charge in [0.2, 0.25) is 0 Å². The standard InChI is InChI=1S/C2H9B3O3S/c3-5-4-1-2-9(6,7)8/h4-5H,1-3H2,(H,6,7,8). The molecule has 9 heavy (non-hydrogen) atoms. The van der Waals surface area contributed by atoms with Gasteiger partial charge in [0, 0.05) is 0 Å². The Balaban J connectivity index is 3.30. The zero-order valence-corrected chi connectivity index (χ0v) is 6.32. The van der Waals surface area contributed by atoms with Gasteiger partial charge in [-0.05, 0) is 0 Å². The maximum Gasteiger partial charge on any atom is 0.264 e. The van der Waals surface area contributed by atoms with Gasteiger partial charge in [0.25, 0.3) is 10.1 Å². The maximum atomic E-state index is 10.1. The largest absolute Gasteiger partial charge is 0.286 e. The molecule has 50 valence electrons. The average Bonchev–Trinajstić information content (AvgIpc) is 1.63. The lowest BCUT2D eigenvalue weighted by molar-refractivity contribution is 0.485. The second-order valence-corrected chi connectivity index (χ2v) is 3.57. The van der Waals surface area contributed by atoms with Crippen LogP contribution < -0.4 is 0 Å². The molecular formula is C2H9B3O3S. The van der Waals surface area contributed by atoms with E-state index in [-0.39, 0.29) is 5.75 Å². The van der Waals surface area contributed by atoms with Gasteiger partial charge in [0.05, 0.1) is 27.7 Å². The summed E-state index contributed by atoms with van der Waals surface area (Å²) in [5.74, 6) is -0.0964. The molecule has 0 aromatic heterocycles. The van der Waals surface area contributed by atoms with Crippen molar-refractivity contribution in [2.45, 2.75) is 6.32 Å². The third kappa shape index (κ3) is 8.10. The van der Waals surface area contributed by atoms with Crippen molar-refractivity contribution in [2.24, 2.45) is 0 Å². The highest BCUT2D eigenvalue weighted by atomic mass is 32.2. The van der Waals surface area contributed by atoms with E-state index in [1.165, 1.54) is 0 Å². The highest BCUT2D eigenvalue weighted by molar-refractivity contribution is 7.85. The predicted molar refractivity (Wildman–Crippen MR) is 44.1 cm³/mol. The summed E-state index contributed by atoms with van der Waals surface area (Å²) in [5, 5.41) is 0. The van der Waals surface area contributed by atoms with E-state index in [2.05, 4.69) is 0 Å². The van der Waals surface area contributed by atoms with Crippen molar-refractivity contribution in [1.29, 1.82) is 0 Å². The zero-order valence-electron chi connectivity index (χ0n) is 5.50. The lowest BCUT2D eigenvalue weighted by Crippen LogP contribution is -2.10. The molecule has 7 heteroatoms. The molecule has 0 saturated heterocycles. The average molecular weight is 146 g/mol. The summed E-state index contributed by atoms with van der Waals surface area (Å²) in [6.07, 6.45) is 0.565. The Kier molecular flexibility index (Phi) is 4.05. The first-order valence-electron chi connectivity index (χ1n) is 3.01. The first-order chi connectivity index (χ1) is 4.06. The molecule has 0 aromatic carbocycles. The monoisotopic (exact) mass is 146 g/mol. The fourth-order valence-corrected chi connectivity index (χ4v) is 1.10. The van der Waals surface area contributed by atoms with Gasteiger partial charge in [-0.2, -0.15) is 8.42 Å². The molecule has 0 aromatic rings. The maximum absolute atomic E-state index is 10.1. The van der Waals surface area contributed by atoms with Crippen LogP contribution in [0.25, 0.3) is 0 Å². The van der Waals surface area contributed by atoms with E-state index >= 15 is 0 Å². The summed E-state index contributed by atoms with van der Waals surface area (Å²) in [6, 6.07) is 0. The number of rotatable bonds is 4. The molecule has 0 rings (SSSR count). The Morgan fingerprint density at radius 3 is 2.44 bits per heavy atom. The van der Waals surface area contributed by atoms with Crippen molar-refractivity contribution >= 4 is 32.1 Å². The van der Waals surface area contributed by atoms with Crippen molar-refractivity contribution in [1.82, 2.24) is 0 Å². The van der Waals surface area contributed by atoms with Gasteiger partial charge in [0.1, 0.15) is 0 Å².